The Morgan fingerprint density at radius 3 is 2.26 bits per heavy atom. The van der Waals surface area contributed by atoms with Crippen molar-refractivity contribution in [3.05, 3.63) is 68.8 Å². The molecule has 7 heteroatoms. The molecule has 0 bridgehead atoms. The van der Waals surface area contributed by atoms with Crippen LogP contribution in [0.15, 0.2) is 53.2 Å². The summed E-state index contributed by atoms with van der Waals surface area (Å²) in [6.07, 6.45) is 3.15. The lowest BCUT2D eigenvalue weighted by molar-refractivity contribution is -0.120. The molecule has 1 aliphatic rings. The van der Waals surface area contributed by atoms with Crippen LogP contribution in [-0.4, -0.2) is 11.8 Å². The number of nitrogens with one attached hydrogen (secondary N) is 1. The van der Waals surface area contributed by atoms with Gasteiger partial charge in [-0.2, -0.15) is 0 Å². The molecular formula is C20H17Cl3N2O2. The number of carbonyl (C=O) groups is 2. The average Bonchev–Trinajstić information content (AvgIpc) is 2.87. The molecule has 2 amide bonds. The summed E-state index contributed by atoms with van der Waals surface area (Å²) in [5, 5.41) is 3.42. The van der Waals surface area contributed by atoms with Crippen LogP contribution in [0.4, 0.5) is 11.4 Å². The highest BCUT2D eigenvalue weighted by Gasteiger charge is 2.38. The first kappa shape index (κ1) is 19.7. The number of halogens is 3. The van der Waals surface area contributed by atoms with Crippen LogP contribution in [0.3, 0.4) is 0 Å². The quantitative estimate of drug-likeness (QED) is 0.600. The molecule has 2 aromatic rings. The summed E-state index contributed by atoms with van der Waals surface area (Å²) in [5.41, 5.74) is 2.16. The molecule has 0 unspecified atom stereocenters. The van der Waals surface area contributed by atoms with Crippen molar-refractivity contribution < 1.29 is 9.59 Å². The van der Waals surface area contributed by atoms with Crippen LogP contribution < -0.4 is 10.2 Å². The maximum absolute atomic E-state index is 12.8. The van der Waals surface area contributed by atoms with Crippen LogP contribution in [-0.2, 0) is 16.0 Å². The molecule has 1 N–H and O–H groups in total. The van der Waals surface area contributed by atoms with Crippen molar-refractivity contribution in [1.29, 1.82) is 0 Å². The molecule has 0 aliphatic carbocycles. The second-order valence-corrected chi connectivity index (χ2v) is 7.35. The monoisotopic (exact) mass is 422 g/mol. The third-order valence-electron chi connectivity index (χ3n) is 4.23. The first-order valence-corrected chi connectivity index (χ1v) is 9.65. The van der Waals surface area contributed by atoms with E-state index in [9.17, 15) is 9.59 Å². The van der Waals surface area contributed by atoms with E-state index in [1.807, 2.05) is 12.1 Å². The van der Waals surface area contributed by atoms with Gasteiger partial charge in [-0.15, -0.1) is 0 Å². The minimum atomic E-state index is -0.564. The molecule has 3 rings (SSSR count). The Kier molecular flexibility index (Phi) is 6.10. The van der Waals surface area contributed by atoms with Crippen LogP contribution >= 0.6 is 34.8 Å². The van der Waals surface area contributed by atoms with Gasteiger partial charge in [-0.3, -0.25) is 9.59 Å². The fourth-order valence-corrected chi connectivity index (χ4v) is 3.27. The molecule has 1 heterocycles. The van der Waals surface area contributed by atoms with Crippen molar-refractivity contribution in [2.24, 2.45) is 0 Å². The van der Waals surface area contributed by atoms with E-state index in [1.54, 1.807) is 30.3 Å². The molecule has 0 radical (unpaired) electrons. The van der Waals surface area contributed by atoms with Gasteiger partial charge in [-0.25, -0.2) is 4.90 Å². The van der Waals surface area contributed by atoms with Gasteiger partial charge in [0, 0.05) is 5.69 Å². The molecule has 4 nitrogen and oxygen atoms in total. The molecule has 0 aromatic heterocycles. The Hall–Kier alpha value is -2.01. The molecule has 1 aliphatic heterocycles. The van der Waals surface area contributed by atoms with E-state index in [0.29, 0.717) is 21.4 Å². The lowest BCUT2D eigenvalue weighted by Crippen LogP contribution is -2.32. The zero-order chi connectivity index (χ0) is 19.6. The number of rotatable bonds is 6. The van der Waals surface area contributed by atoms with Crippen molar-refractivity contribution >= 4 is 58.0 Å². The number of imide groups is 1. The van der Waals surface area contributed by atoms with Crippen LogP contribution in [0.5, 0.6) is 0 Å². The van der Waals surface area contributed by atoms with Crippen LogP contribution in [0.25, 0.3) is 0 Å². The molecule has 0 atom stereocenters. The number of hydrogen-bond donors (Lipinski definition) is 1. The van der Waals surface area contributed by atoms with E-state index < -0.39 is 11.8 Å². The minimum absolute atomic E-state index is 0.00937. The summed E-state index contributed by atoms with van der Waals surface area (Å²) >= 11 is 18.0. The number of anilines is 2. The van der Waals surface area contributed by atoms with Gasteiger partial charge in [-0.1, -0.05) is 60.3 Å². The van der Waals surface area contributed by atoms with Gasteiger partial charge in [-0.05, 0) is 48.7 Å². The van der Waals surface area contributed by atoms with E-state index in [2.05, 4.69) is 12.2 Å². The first-order chi connectivity index (χ1) is 12.9. The van der Waals surface area contributed by atoms with Gasteiger partial charge < -0.3 is 5.32 Å². The topological polar surface area (TPSA) is 49.4 Å². The highest BCUT2D eigenvalue weighted by atomic mass is 35.5. The largest absolute Gasteiger partial charge is 0.350 e. The van der Waals surface area contributed by atoms with E-state index in [1.165, 1.54) is 0 Å². The smallest absolute Gasteiger partial charge is 0.283 e. The standard InChI is InChI=1S/C20H17Cl3N2O2/c1-2-3-4-12-5-8-14(9-6-12)25-19(26)17(23)18(20(25)27)24-13-7-10-15(21)16(22)11-13/h5-11,24H,2-4H2,1H3. The van der Waals surface area contributed by atoms with Crippen LogP contribution in [0.2, 0.25) is 10.0 Å². The van der Waals surface area contributed by atoms with E-state index in [4.69, 9.17) is 34.8 Å². The lowest BCUT2D eigenvalue weighted by atomic mass is 10.1. The molecule has 0 fully saturated rings. The zero-order valence-electron chi connectivity index (χ0n) is 14.6. The Balaban J connectivity index is 1.81. The maximum Gasteiger partial charge on any atom is 0.283 e. The highest BCUT2D eigenvalue weighted by molar-refractivity contribution is 6.53. The van der Waals surface area contributed by atoms with Gasteiger partial charge in [0.2, 0.25) is 0 Å². The van der Waals surface area contributed by atoms with Crippen molar-refractivity contribution in [3.8, 4) is 0 Å². The van der Waals surface area contributed by atoms with E-state index >= 15 is 0 Å². The molecular weight excluding hydrogens is 407 g/mol. The van der Waals surface area contributed by atoms with Crippen LogP contribution in [0.1, 0.15) is 25.3 Å². The Labute approximate surface area is 172 Å². The van der Waals surface area contributed by atoms with Crippen LogP contribution in [0, 0.1) is 0 Å². The molecule has 27 heavy (non-hydrogen) atoms. The number of aryl methyl sites for hydroxylation is 1. The minimum Gasteiger partial charge on any atom is -0.350 e. The van der Waals surface area contributed by atoms with Gasteiger partial charge in [0.25, 0.3) is 11.8 Å². The third-order valence-corrected chi connectivity index (χ3v) is 5.32. The van der Waals surface area contributed by atoms with Gasteiger partial charge >= 0.3 is 0 Å². The lowest BCUT2D eigenvalue weighted by Gasteiger charge is -2.15. The summed E-state index contributed by atoms with van der Waals surface area (Å²) < 4.78 is 0. The number of unbranched alkanes of at least 4 members (excludes halogenated alkanes) is 1. The van der Waals surface area contributed by atoms with Gasteiger partial charge in [0.05, 0.1) is 15.7 Å². The molecule has 0 spiro atoms. The molecule has 2 aromatic carbocycles. The summed E-state index contributed by atoms with van der Waals surface area (Å²) in [4.78, 5) is 26.4. The fraction of sp³-hybridized carbons (Fsp3) is 0.200. The SMILES string of the molecule is CCCCc1ccc(N2C(=O)C(Cl)=C(Nc3ccc(Cl)c(Cl)c3)C2=O)cc1. The van der Waals surface area contributed by atoms with E-state index in [-0.39, 0.29) is 10.7 Å². The van der Waals surface area contributed by atoms with Crippen molar-refractivity contribution in [2.75, 3.05) is 10.2 Å². The third kappa shape index (κ3) is 4.13. The summed E-state index contributed by atoms with van der Waals surface area (Å²) in [7, 11) is 0. The Bertz CT molecular complexity index is 923. The zero-order valence-corrected chi connectivity index (χ0v) is 16.8. The highest BCUT2D eigenvalue weighted by Crippen LogP contribution is 2.32. The molecule has 0 saturated heterocycles. The summed E-state index contributed by atoms with van der Waals surface area (Å²) in [6, 6.07) is 12.2. The van der Waals surface area contributed by atoms with E-state index in [0.717, 1.165) is 29.7 Å². The number of carbonyl (C=O) groups excluding carboxylic acids is 2. The molecule has 0 saturated carbocycles. The fourth-order valence-electron chi connectivity index (χ4n) is 2.76. The van der Waals surface area contributed by atoms with Crippen molar-refractivity contribution in [2.45, 2.75) is 26.2 Å². The number of benzene rings is 2. The predicted octanol–water partition coefficient (Wildman–Crippen LogP) is 5.77. The summed E-state index contributed by atoms with van der Waals surface area (Å²) in [6.45, 7) is 2.13. The normalized spacial score (nSPS) is 14.3. The van der Waals surface area contributed by atoms with Crippen molar-refractivity contribution in [1.82, 2.24) is 0 Å². The Morgan fingerprint density at radius 2 is 1.63 bits per heavy atom. The average molecular weight is 424 g/mol. The Morgan fingerprint density at radius 1 is 0.926 bits per heavy atom. The number of nitrogens with zero attached hydrogens (tertiary/aromatic N) is 1. The number of amides is 2. The first-order valence-electron chi connectivity index (χ1n) is 8.52. The molecule has 140 valence electrons. The second kappa shape index (κ2) is 8.34. The summed E-state index contributed by atoms with van der Waals surface area (Å²) in [5.74, 6) is -1.08. The second-order valence-electron chi connectivity index (χ2n) is 6.16. The maximum atomic E-state index is 12.8. The predicted molar refractivity (Wildman–Crippen MR) is 111 cm³/mol. The van der Waals surface area contributed by atoms with Gasteiger partial charge in [0.15, 0.2) is 0 Å². The number of hydrogen-bond acceptors (Lipinski definition) is 3. The van der Waals surface area contributed by atoms with Crippen molar-refractivity contribution in [3.63, 3.8) is 0 Å². The van der Waals surface area contributed by atoms with Gasteiger partial charge in [0.1, 0.15) is 10.7 Å².